The van der Waals surface area contributed by atoms with Crippen molar-refractivity contribution in [2.45, 2.75) is 45.8 Å². The van der Waals surface area contributed by atoms with Gasteiger partial charge in [0.2, 0.25) is 0 Å². The maximum atomic E-state index is 14.3. The quantitative estimate of drug-likeness (QED) is 0.330. The number of hydrogen-bond donors (Lipinski definition) is 2. The SMILES string of the molecule is CCC(NC(=O)c1c(CN2CCN[C@@H](C(C)C)C2)n(-c2ccccc2)c(=O)c2ccccc12)c1ccccc1. The number of aromatic nitrogens is 1. The Balaban J connectivity index is 1.68. The highest BCUT2D eigenvalue weighted by molar-refractivity contribution is 6.08. The predicted molar refractivity (Wildman–Crippen MR) is 158 cm³/mol. The van der Waals surface area contributed by atoms with Crippen LogP contribution in [0, 0.1) is 5.92 Å². The molecule has 1 fully saturated rings. The lowest BCUT2D eigenvalue weighted by atomic mass is 9.98. The molecule has 6 heteroatoms. The highest BCUT2D eigenvalue weighted by atomic mass is 16.2. The maximum Gasteiger partial charge on any atom is 0.263 e. The molecular formula is C33H38N4O2. The Labute approximate surface area is 230 Å². The van der Waals surface area contributed by atoms with Gasteiger partial charge >= 0.3 is 0 Å². The van der Waals surface area contributed by atoms with Crippen molar-refractivity contribution < 1.29 is 4.79 Å². The summed E-state index contributed by atoms with van der Waals surface area (Å²) in [6.45, 7) is 9.62. The Bertz CT molecular complexity index is 1480. The van der Waals surface area contributed by atoms with Crippen LogP contribution in [0.3, 0.4) is 0 Å². The molecule has 1 unspecified atom stereocenters. The standard InChI is InChI=1S/C33H38N4O2/c1-4-28(24-13-7-5-8-14-24)35-32(38)31-26-17-11-12-18-27(26)33(39)37(25-15-9-6-10-16-25)30(31)22-36-20-19-34-29(21-36)23(2)3/h5-18,23,28-29,34H,4,19-22H2,1-3H3,(H,35,38)/t28?,29-/m1/s1. The molecule has 1 aliphatic heterocycles. The van der Waals surface area contributed by atoms with Crippen molar-refractivity contribution in [1.82, 2.24) is 20.1 Å². The fraction of sp³-hybridized carbons (Fsp3) is 0.333. The number of carbonyl (C=O) groups excluding carboxylic acids is 1. The molecule has 0 bridgehead atoms. The molecule has 0 aliphatic carbocycles. The molecule has 39 heavy (non-hydrogen) atoms. The van der Waals surface area contributed by atoms with Crippen LogP contribution in [-0.4, -0.2) is 41.1 Å². The Morgan fingerprint density at radius 2 is 1.59 bits per heavy atom. The fourth-order valence-corrected chi connectivity index (χ4v) is 5.63. The van der Waals surface area contributed by atoms with Gasteiger partial charge in [-0.3, -0.25) is 19.1 Å². The number of nitrogens with one attached hydrogen (secondary N) is 2. The van der Waals surface area contributed by atoms with Gasteiger partial charge in [-0.05, 0) is 36.1 Å². The number of carbonyl (C=O) groups is 1. The van der Waals surface area contributed by atoms with Crippen LogP contribution in [0.15, 0.2) is 89.7 Å². The Morgan fingerprint density at radius 1 is 0.949 bits per heavy atom. The van der Waals surface area contributed by atoms with Gasteiger partial charge in [0.05, 0.1) is 17.3 Å². The van der Waals surface area contributed by atoms with Gasteiger partial charge < -0.3 is 10.6 Å². The Kier molecular flexibility index (Phi) is 8.24. The predicted octanol–water partition coefficient (Wildman–Crippen LogP) is 5.30. The summed E-state index contributed by atoms with van der Waals surface area (Å²) >= 11 is 0. The molecule has 0 saturated carbocycles. The van der Waals surface area contributed by atoms with Gasteiger partial charge in [0, 0.05) is 48.7 Å². The smallest absolute Gasteiger partial charge is 0.263 e. The number of hydrogen-bond acceptors (Lipinski definition) is 4. The van der Waals surface area contributed by atoms with Crippen molar-refractivity contribution >= 4 is 16.7 Å². The van der Waals surface area contributed by atoms with E-state index >= 15 is 0 Å². The van der Waals surface area contributed by atoms with E-state index in [0.29, 0.717) is 34.8 Å². The minimum absolute atomic E-state index is 0.103. The summed E-state index contributed by atoms with van der Waals surface area (Å²) in [5, 5.41) is 8.17. The van der Waals surface area contributed by atoms with Gasteiger partial charge in [0.25, 0.3) is 11.5 Å². The molecule has 5 rings (SSSR count). The molecule has 0 radical (unpaired) electrons. The molecule has 1 saturated heterocycles. The van der Waals surface area contributed by atoms with E-state index in [1.165, 1.54) is 0 Å². The molecule has 0 spiro atoms. The third kappa shape index (κ3) is 5.68. The lowest BCUT2D eigenvalue weighted by Crippen LogP contribution is -2.52. The van der Waals surface area contributed by atoms with Crippen molar-refractivity contribution in [3.8, 4) is 5.69 Å². The van der Waals surface area contributed by atoms with Gasteiger partial charge in [-0.2, -0.15) is 0 Å². The van der Waals surface area contributed by atoms with E-state index in [0.717, 1.165) is 43.0 Å². The molecule has 1 aromatic heterocycles. The number of nitrogens with zero attached hydrogens (tertiary/aromatic N) is 2. The van der Waals surface area contributed by atoms with Gasteiger partial charge in [-0.25, -0.2) is 0 Å². The average molecular weight is 523 g/mol. The van der Waals surface area contributed by atoms with Crippen LogP contribution in [0.25, 0.3) is 16.5 Å². The second-order valence-corrected chi connectivity index (χ2v) is 10.7. The normalized spacial score (nSPS) is 16.9. The van der Waals surface area contributed by atoms with Crippen molar-refractivity contribution in [3.63, 3.8) is 0 Å². The van der Waals surface area contributed by atoms with Crippen LogP contribution in [0.2, 0.25) is 0 Å². The number of amides is 1. The van der Waals surface area contributed by atoms with E-state index in [4.69, 9.17) is 0 Å². The van der Waals surface area contributed by atoms with Crippen LogP contribution >= 0.6 is 0 Å². The molecule has 2 atom stereocenters. The highest BCUT2D eigenvalue weighted by Gasteiger charge is 2.28. The van der Waals surface area contributed by atoms with Crippen molar-refractivity contribution in [1.29, 1.82) is 0 Å². The zero-order valence-electron chi connectivity index (χ0n) is 23.1. The van der Waals surface area contributed by atoms with E-state index in [1.54, 1.807) is 4.57 Å². The maximum absolute atomic E-state index is 14.3. The summed E-state index contributed by atoms with van der Waals surface area (Å²) < 4.78 is 1.76. The second-order valence-electron chi connectivity index (χ2n) is 10.7. The lowest BCUT2D eigenvalue weighted by Gasteiger charge is -2.36. The molecule has 6 nitrogen and oxygen atoms in total. The minimum Gasteiger partial charge on any atom is -0.345 e. The summed E-state index contributed by atoms with van der Waals surface area (Å²) in [5.41, 5.74) is 3.03. The fourth-order valence-electron chi connectivity index (χ4n) is 5.63. The van der Waals surface area contributed by atoms with Gasteiger partial charge in [-0.15, -0.1) is 0 Å². The molecule has 1 aliphatic rings. The largest absolute Gasteiger partial charge is 0.345 e. The van der Waals surface area contributed by atoms with Gasteiger partial charge in [-0.1, -0.05) is 87.5 Å². The topological polar surface area (TPSA) is 66.4 Å². The molecule has 4 aromatic rings. The van der Waals surface area contributed by atoms with Crippen molar-refractivity contribution in [2.75, 3.05) is 19.6 Å². The van der Waals surface area contributed by atoms with E-state index in [9.17, 15) is 9.59 Å². The number of pyridine rings is 1. The van der Waals surface area contributed by atoms with E-state index < -0.39 is 0 Å². The van der Waals surface area contributed by atoms with Crippen LogP contribution in [0.1, 0.15) is 54.8 Å². The summed E-state index contributed by atoms with van der Waals surface area (Å²) in [4.78, 5) is 30.7. The van der Waals surface area contributed by atoms with Crippen LogP contribution in [0.5, 0.6) is 0 Å². The first-order chi connectivity index (χ1) is 19.0. The number of fused-ring (bicyclic) bond motifs is 1. The first kappa shape index (κ1) is 26.9. The summed E-state index contributed by atoms with van der Waals surface area (Å²) in [7, 11) is 0. The number of benzene rings is 3. The third-order valence-electron chi connectivity index (χ3n) is 7.81. The molecule has 3 aromatic carbocycles. The van der Waals surface area contributed by atoms with Crippen LogP contribution in [-0.2, 0) is 6.54 Å². The summed E-state index contributed by atoms with van der Waals surface area (Å²) in [6, 6.07) is 27.5. The van der Waals surface area contributed by atoms with E-state index in [2.05, 4.69) is 36.3 Å². The molecule has 1 amide bonds. The monoisotopic (exact) mass is 522 g/mol. The second kappa shape index (κ2) is 12.0. The van der Waals surface area contributed by atoms with E-state index in [-0.39, 0.29) is 17.5 Å². The summed E-state index contributed by atoms with van der Waals surface area (Å²) in [5.74, 6) is 0.330. The molecule has 2 N–H and O–H groups in total. The first-order valence-corrected chi connectivity index (χ1v) is 14.0. The van der Waals surface area contributed by atoms with Gasteiger partial charge in [0.15, 0.2) is 0 Å². The highest BCUT2D eigenvalue weighted by Crippen LogP contribution is 2.26. The Morgan fingerprint density at radius 3 is 2.26 bits per heavy atom. The third-order valence-corrected chi connectivity index (χ3v) is 7.81. The zero-order valence-corrected chi connectivity index (χ0v) is 23.1. The molecule has 202 valence electrons. The Hall–Kier alpha value is -3.74. The lowest BCUT2D eigenvalue weighted by molar-refractivity contribution is 0.0933. The molecule has 2 heterocycles. The van der Waals surface area contributed by atoms with Crippen LogP contribution in [0.4, 0.5) is 0 Å². The minimum atomic E-state index is -0.155. The van der Waals surface area contributed by atoms with E-state index in [1.807, 2.05) is 84.9 Å². The van der Waals surface area contributed by atoms with Crippen molar-refractivity contribution in [2.24, 2.45) is 5.92 Å². The molecular weight excluding hydrogens is 484 g/mol. The number of piperazine rings is 1. The first-order valence-electron chi connectivity index (χ1n) is 14.0. The summed E-state index contributed by atoms with van der Waals surface area (Å²) in [6.07, 6.45) is 0.759. The number of rotatable bonds is 8. The average Bonchev–Trinajstić information content (AvgIpc) is 2.97. The zero-order chi connectivity index (χ0) is 27.4. The van der Waals surface area contributed by atoms with Crippen LogP contribution < -0.4 is 16.2 Å². The number of para-hydroxylation sites is 1. The van der Waals surface area contributed by atoms with Gasteiger partial charge in [0.1, 0.15) is 0 Å². The van der Waals surface area contributed by atoms with Crippen molar-refractivity contribution in [3.05, 3.63) is 112 Å².